The van der Waals surface area contributed by atoms with Gasteiger partial charge in [0.15, 0.2) is 0 Å². The first-order valence-electron chi connectivity index (χ1n) is 13.1. The molecule has 2 amide bonds. The third-order valence-corrected chi connectivity index (χ3v) is 8.33. The van der Waals surface area contributed by atoms with E-state index < -0.39 is 28.5 Å². The second-order valence-electron chi connectivity index (χ2n) is 10.5. The van der Waals surface area contributed by atoms with E-state index in [-0.39, 0.29) is 23.4 Å². The lowest BCUT2D eigenvalue weighted by Gasteiger charge is -2.33. The van der Waals surface area contributed by atoms with Crippen molar-refractivity contribution >= 4 is 27.5 Å². The van der Waals surface area contributed by atoms with Crippen LogP contribution < -0.4 is 9.62 Å². The largest absolute Gasteiger partial charge is 0.352 e. The Morgan fingerprint density at radius 3 is 2.05 bits per heavy atom. The Labute approximate surface area is 232 Å². The molecule has 0 aliphatic rings. The Morgan fingerprint density at radius 1 is 0.821 bits per heavy atom. The first-order chi connectivity index (χ1) is 18.3. The number of rotatable bonds is 10. The minimum Gasteiger partial charge on any atom is -0.352 e. The zero-order chi connectivity index (χ0) is 28.9. The molecular formula is C31H39N3O4S. The van der Waals surface area contributed by atoms with Gasteiger partial charge in [-0.15, -0.1) is 0 Å². The molecule has 8 heteroatoms. The summed E-state index contributed by atoms with van der Waals surface area (Å²) in [7, 11) is -4.10. The summed E-state index contributed by atoms with van der Waals surface area (Å²) in [5, 5.41) is 2.87. The molecule has 0 aliphatic heterocycles. The number of sulfonamides is 1. The SMILES string of the molecule is Cc1ccc(S(=O)(=O)N(CC(=O)N(Cc2cccc(C)c2)[C@@H](C)C(=O)NC(C)C)c2cc(C)ccc2C)cc1. The third-order valence-electron chi connectivity index (χ3n) is 6.55. The molecule has 0 bridgehead atoms. The van der Waals surface area contributed by atoms with Crippen LogP contribution in [0.1, 0.15) is 48.6 Å². The highest BCUT2D eigenvalue weighted by molar-refractivity contribution is 7.92. The molecule has 0 aliphatic carbocycles. The van der Waals surface area contributed by atoms with E-state index in [1.54, 1.807) is 37.3 Å². The molecule has 0 heterocycles. The van der Waals surface area contributed by atoms with Gasteiger partial charge in [0, 0.05) is 12.6 Å². The number of anilines is 1. The first-order valence-corrected chi connectivity index (χ1v) is 14.6. The van der Waals surface area contributed by atoms with Crippen molar-refractivity contribution in [3.05, 3.63) is 94.5 Å². The van der Waals surface area contributed by atoms with Gasteiger partial charge in [-0.1, -0.05) is 59.7 Å². The smallest absolute Gasteiger partial charge is 0.264 e. The maximum absolute atomic E-state index is 14.0. The van der Waals surface area contributed by atoms with Crippen LogP contribution in [0, 0.1) is 27.7 Å². The number of nitrogens with one attached hydrogen (secondary N) is 1. The van der Waals surface area contributed by atoms with E-state index in [1.165, 1.54) is 9.21 Å². The summed E-state index contributed by atoms with van der Waals surface area (Å²) >= 11 is 0. The van der Waals surface area contributed by atoms with Crippen LogP contribution in [0.5, 0.6) is 0 Å². The topological polar surface area (TPSA) is 86.8 Å². The molecule has 3 rings (SSSR count). The molecule has 0 saturated carbocycles. The maximum atomic E-state index is 14.0. The van der Waals surface area contributed by atoms with Crippen molar-refractivity contribution in [1.29, 1.82) is 0 Å². The Morgan fingerprint density at radius 2 is 1.44 bits per heavy atom. The van der Waals surface area contributed by atoms with Gasteiger partial charge in [0.25, 0.3) is 10.0 Å². The Kier molecular flexibility index (Phi) is 9.56. The molecule has 1 N–H and O–H groups in total. The first kappa shape index (κ1) is 29.9. The average Bonchev–Trinajstić information content (AvgIpc) is 2.86. The monoisotopic (exact) mass is 549 g/mol. The molecule has 0 aromatic heterocycles. The van der Waals surface area contributed by atoms with Crippen LogP contribution in [0.25, 0.3) is 0 Å². The van der Waals surface area contributed by atoms with Gasteiger partial charge in [-0.2, -0.15) is 0 Å². The Hall–Kier alpha value is -3.65. The molecule has 3 aromatic carbocycles. The lowest BCUT2D eigenvalue weighted by molar-refractivity contribution is -0.139. The van der Waals surface area contributed by atoms with Crippen molar-refractivity contribution in [1.82, 2.24) is 10.2 Å². The number of aryl methyl sites for hydroxylation is 4. The summed E-state index contributed by atoms with van der Waals surface area (Å²) in [6.45, 7) is 12.6. The highest BCUT2D eigenvalue weighted by Gasteiger charge is 2.33. The summed E-state index contributed by atoms with van der Waals surface area (Å²) in [6.07, 6.45) is 0. The zero-order valence-electron chi connectivity index (χ0n) is 23.9. The highest BCUT2D eigenvalue weighted by atomic mass is 32.2. The normalized spacial score (nSPS) is 12.2. The van der Waals surface area contributed by atoms with Crippen LogP contribution in [0.2, 0.25) is 0 Å². The van der Waals surface area contributed by atoms with Crippen molar-refractivity contribution in [2.45, 2.75) is 72.0 Å². The molecule has 1 atom stereocenters. The molecule has 208 valence electrons. The molecule has 3 aromatic rings. The van der Waals surface area contributed by atoms with E-state index >= 15 is 0 Å². The van der Waals surface area contributed by atoms with Gasteiger partial charge in [-0.05, 0) is 83.4 Å². The second kappa shape index (κ2) is 12.5. The van der Waals surface area contributed by atoms with E-state index in [0.717, 1.165) is 27.8 Å². The molecule has 0 spiro atoms. The van der Waals surface area contributed by atoms with Crippen molar-refractivity contribution in [3.63, 3.8) is 0 Å². The van der Waals surface area contributed by atoms with Gasteiger partial charge in [-0.25, -0.2) is 8.42 Å². The summed E-state index contributed by atoms with van der Waals surface area (Å²) in [4.78, 5) is 28.6. The fourth-order valence-corrected chi connectivity index (χ4v) is 5.80. The Bertz CT molecular complexity index is 1430. The molecule has 0 unspecified atom stereocenters. The number of nitrogens with zero attached hydrogens (tertiary/aromatic N) is 2. The lowest BCUT2D eigenvalue weighted by atomic mass is 10.1. The predicted octanol–water partition coefficient (Wildman–Crippen LogP) is 5.06. The van der Waals surface area contributed by atoms with Crippen LogP contribution >= 0.6 is 0 Å². The molecule has 0 fully saturated rings. The van der Waals surface area contributed by atoms with Gasteiger partial charge < -0.3 is 10.2 Å². The highest BCUT2D eigenvalue weighted by Crippen LogP contribution is 2.28. The summed E-state index contributed by atoms with van der Waals surface area (Å²) in [5.74, 6) is -0.773. The number of hydrogen-bond donors (Lipinski definition) is 1. The standard InChI is InChI=1S/C31H39N3O4S/c1-21(2)32-31(36)26(7)33(19-27-10-8-9-23(4)17-27)30(35)20-34(29-18-24(5)11-14-25(29)6)39(37,38)28-15-12-22(3)13-16-28/h8-18,21,26H,19-20H2,1-7H3,(H,32,36)/t26-/m0/s1. The molecule has 0 saturated heterocycles. The third kappa shape index (κ3) is 7.47. The van der Waals surface area contributed by atoms with Gasteiger partial charge in [0.05, 0.1) is 10.6 Å². The fourth-order valence-electron chi connectivity index (χ4n) is 4.33. The minimum absolute atomic E-state index is 0.0950. The summed E-state index contributed by atoms with van der Waals surface area (Å²) in [6, 6.07) is 18.9. The lowest BCUT2D eigenvalue weighted by Crippen LogP contribution is -2.52. The number of carbonyl (C=O) groups is 2. The van der Waals surface area contributed by atoms with Gasteiger partial charge in [0.2, 0.25) is 11.8 Å². The van der Waals surface area contributed by atoms with Crippen LogP contribution in [0.15, 0.2) is 71.6 Å². The number of benzene rings is 3. The predicted molar refractivity (Wildman–Crippen MR) is 156 cm³/mol. The molecule has 39 heavy (non-hydrogen) atoms. The van der Waals surface area contributed by atoms with Crippen LogP contribution in [0.4, 0.5) is 5.69 Å². The fraction of sp³-hybridized carbons (Fsp3) is 0.355. The van der Waals surface area contributed by atoms with E-state index in [2.05, 4.69) is 5.32 Å². The van der Waals surface area contributed by atoms with E-state index in [4.69, 9.17) is 0 Å². The van der Waals surface area contributed by atoms with Crippen molar-refractivity contribution in [2.24, 2.45) is 0 Å². The number of amides is 2. The molecule has 7 nitrogen and oxygen atoms in total. The number of carbonyl (C=O) groups excluding carboxylic acids is 2. The number of hydrogen-bond acceptors (Lipinski definition) is 4. The quantitative estimate of drug-likeness (QED) is 0.383. The van der Waals surface area contributed by atoms with Crippen molar-refractivity contribution < 1.29 is 18.0 Å². The van der Waals surface area contributed by atoms with Crippen molar-refractivity contribution in [2.75, 3.05) is 10.8 Å². The van der Waals surface area contributed by atoms with Gasteiger partial charge in [-0.3, -0.25) is 13.9 Å². The van der Waals surface area contributed by atoms with E-state index in [9.17, 15) is 18.0 Å². The van der Waals surface area contributed by atoms with Gasteiger partial charge in [0.1, 0.15) is 12.6 Å². The Balaban J connectivity index is 2.08. The maximum Gasteiger partial charge on any atom is 0.264 e. The second-order valence-corrected chi connectivity index (χ2v) is 12.3. The molecule has 0 radical (unpaired) electrons. The van der Waals surface area contributed by atoms with Gasteiger partial charge >= 0.3 is 0 Å². The van der Waals surface area contributed by atoms with Crippen molar-refractivity contribution in [3.8, 4) is 0 Å². The summed E-state index contributed by atoms with van der Waals surface area (Å²) in [5.41, 5.74) is 4.83. The minimum atomic E-state index is -4.10. The van der Waals surface area contributed by atoms with Crippen LogP contribution in [-0.4, -0.2) is 43.8 Å². The molecular weight excluding hydrogens is 510 g/mol. The average molecular weight is 550 g/mol. The van der Waals surface area contributed by atoms with E-state index in [1.807, 2.05) is 77.9 Å². The van der Waals surface area contributed by atoms with Crippen LogP contribution in [0.3, 0.4) is 0 Å². The summed E-state index contributed by atoms with van der Waals surface area (Å²) < 4.78 is 29.2. The van der Waals surface area contributed by atoms with E-state index in [0.29, 0.717) is 5.69 Å². The van der Waals surface area contributed by atoms with Crippen LogP contribution in [-0.2, 0) is 26.2 Å². The zero-order valence-corrected chi connectivity index (χ0v) is 24.7.